The van der Waals surface area contributed by atoms with E-state index in [9.17, 15) is 0 Å². The van der Waals surface area contributed by atoms with E-state index in [0.29, 0.717) is 15.2 Å². The minimum absolute atomic E-state index is 0. The molecule has 15 heavy (non-hydrogen) atoms. The molecule has 0 atom stereocenters. The summed E-state index contributed by atoms with van der Waals surface area (Å²) in [5.41, 5.74) is 0. The zero-order valence-electron chi connectivity index (χ0n) is 10.5. The molecule has 87 valence electrons. The average Bonchev–Trinajstić information content (AvgIpc) is 2.21. The lowest BCUT2D eigenvalue weighted by atomic mass is 10.2. The zero-order chi connectivity index (χ0) is 11.1. The third-order valence-corrected chi connectivity index (χ3v) is 3.91. The van der Waals surface area contributed by atoms with Gasteiger partial charge < -0.3 is 0 Å². The fourth-order valence-electron chi connectivity index (χ4n) is 1.01. The maximum Gasteiger partial charge on any atom is 0.212 e. The standard InChI is InChI=1S/C6H13.2C3H5.2Al.ClH.2H/c1-3-5-6-4-2;2*1-3-2;;;;;/h1,3-6H2,2H3;2*3H,1-2H2;;;1H;;. The van der Waals surface area contributed by atoms with E-state index in [4.69, 9.17) is 0 Å². The predicted molar refractivity (Wildman–Crippen MR) is 80.5 cm³/mol. The Morgan fingerprint density at radius 2 is 1.60 bits per heavy atom. The first-order valence-corrected chi connectivity index (χ1v) is 8.91. The summed E-state index contributed by atoms with van der Waals surface area (Å²) in [5.74, 6) is 0. The van der Waals surface area contributed by atoms with Crippen LogP contribution in [0.1, 0.15) is 32.6 Å². The molecular weight excluding hydrogens is 234 g/mol. The third-order valence-electron chi connectivity index (χ3n) is 1.87. The molecule has 0 saturated heterocycles. The van der Waals surface area contributed by atoms with Crippen molar-refractivity contribution in [3.8, 4) is 0 Å². The number of allylic oxidation sites excluding steroid dienone is 2. The first-order chi connectivity index (χ1) is 6.83. The number of hydrogen-bond acceptors (Lipinski definition) is 0. The van der Waals surface area contributed by atoms with E-state index < -0.39 is 0 Å². The lowest BCUT2D eigenvalue weighted by Crippen LogP contribution is -1.79. The van der Waals surface area contributed by atoms with E-state index >= 15 is 0 Å². The minimum atomic E-state index is 0. The van der Waals surface area contributed by atoms with Gasteiger partial charge in [-0.2, -0.15) is 0 Å². The van der Waals surface area contributed by atoms with E-state index in [-0.39, 0.29) is 12.4 Å². The van der Waals surface area contributed by atoms with Gasteiger partial charge in [-0.3, -0.25) is 0 Å². The highest BCUT2D eigenvalue weighted by Crippen LogP contribution is 1.99. The predicted octanol–water partition coefficient (Wildman–Crippen LogP) is 3.94. The number of rotatable bonds is 8. The fourth-order valence-corrected chi connectivity index (χ4v) is 2.17. The molecule has 0 fully saturated rings. The highest BCUT2D eigenvalue weighted by atomic mass is 35.5. The van der Waals surface area contributed by atoms with Gasteiger partial charge >= 0.3 is 0 Å². The average molecular weight is 260 g/mol. The molecule has 0 nitrogen and oxygen atoms in total. The molecule has 3 heteroatoms. The summed E-state index contributed by atoms with van der Waals surface area (Å²) in [6.07, 6.45) is 9.72. The Morgan fingerprint density at radius 3 is 1.93 bits per heavy atom. The highest BCUT2D eigenvalue weighted by Gasteiger charge is 1.80. The smallest absolute Gasteiger partial charge is 0.147 e. The third kappa shape index (κ3) is 31.3. The van der Waals surface area contributed by atoms with Gasteiger partial charge in [-0.25, -0.2) is 0 Å². The SMILES string of the molecule is C=C[CH2][Al][CH2]C=C.CCCCC[CH2][AlH2].Cl. The number of halogens is 1. The van der Waals surface area contributed by atoms with Gasteiger partial charge in [0.15, 0.2) is 0 Å². The lowest BCUT2D eigenvalue weighted by molar-refractivity contribution is 0.701. The first-order valence-electron chi connectivity index (χ1n) is 5.86. The van der Waals surface area contributed by atoms with Crippen LogP contribution in [-0.4, -0.2) is 31.5 Å². The maximum atomic E-state index is 3.62. The van der Waals surface area contributed by atoms with Gasteiger partial charge in [0.25, 0.3) is 0 Å². The van der Waals surface area contributed by atoms with E-state index in [1.807, 2.05) is 12.2 Å². The van der Waals surface area contributed by atoms with Crippen LogP contribution in [-0.2, 0) is 0 Å². The van der Waals surface area contributed by atoms with Crippen LogP contribution < -0.4 is 0 Å². The molecule has 0 aliphatic carbocycles. The lowest BCUT2D eigenvalue weighted by Gasteiger charge is -1.90. The summed E-state index contributed by atoms with van der Waals surface area (Å²) in [7, 11) is 0. The van der Waals surface area contributed by atoms with Crippen molar-refractivity contribution in [2.75, 3.05) is 0 Å². The van der Waals surface area contributed by atoms with Crippen LogP contribution in [0.2, 0.25) is 15.8 Å². The molecule has 0 aliphatic heterocycles. The van der Waals surface area contributed by atoms with Crippen molar-refractivity contribution in [3.05, 3.63) is 25.3 Å². The van der Waals surface area contributed by atoms with E-state index in [0.717, 1.165) is 0 Å². The molecule has 0 aromatic carbocycles. The number of unbranched alkanes of at least 4 members (excludes halogenated alkanes) is 3. The van der Waals surface area contributed by atoms with Crippen LogP contribution in [0, 0.1) is 0 Å². The largest absolute Gasteiger partial charge is 0.212 e. The topological polar surface area (TPSA) is 0 Å². The molecular formula is C12H26Al2Cl. The van der Waals surface area contributed by atoms with Crippen molar-refractivity contribution in [3.63, 3.8) is 0 Å². The monoisotopic (exact) mass is 259 g/mol. The Balaban J connectivity index is -0.000000180. The van der Waals surface area contributed by atoms with Crippen molar-refractivity contribution < 1.29 is 0 Å². The normalized spacial score (nSPS) is 7.80. The van der Waals surface area contributed by atoms with Crippen molar-refractivity contribution in [2.24, 2.45) is 0 Å². The van der Waals surface area contributed by atoms with Crippen molar-refractivity contribution in [1.29, 1.82) is 0 Å². The highest BCUT2D eigenvalue weighted by molar-refractivity contribution is 6.36. The van der Waals surface area contributed by atoms with Crippen LogP contribution in [0.25, 0.3) is 0 Å². The van der Waals surface area contributed by atoms with Gasteiger partial charge in [-0.1, -0.05) is 43.2 Å². The summed E-state index contributed by atoms with van der Waals surface area (Å²) < 4.78 is 0. The fraction of sp³-hybridized carbons (Fsp3) is 0.667. The van der Waals surface area contributed by atoms with Gasteiger partial charge in [-0.05, 0) is 0 Å². The molecule has 0 bridgehead atoms. The second-order valence-electron chi connectivity index (χ2n) is 3.40. The Morgan fingerprint density at radius 1 is 1.07 bits per heavy atom. The van der Waals surface area contributed by atoms with Crippen LogP contribution >= 0.6 is 12.4 Å². The molecule has 0 aromatic rings. The zero-order valence-corrected chi connectivity index (χ0v) is 14.5. The Kier molecular flexibility index (Phi) is 34.1. The van der Waals surface area contributed by atoms with Crippen LogP contribution in [0.3, 0.4) is 0 Å². The molecule has 0 amide bonds. The van der Waals surface area contributed by atoms with Crippen LogP contribution in [0.4, 0.5) is 0 Å². The van der Waals surface area contributed by atoms with Gasteiger partial charge in [0.1, 0.15) is 0 Å². The van der Waals surface area contributed by atoms with E-state index in [1.54, 1.807) is 0 Å². The second kappa shape index (κ2) is 24.2. The molecule has 0 saturated carbocycles. The van der Waals surface area contributed by atoms with Crippen molar-refractivity contribution >= 4 is 43.9 Å². The van der Waals surface area contributed by atoms with Gasteiger partial charge in [0.2, 0.25) is 31.5 Å². The molecule has 0 rings (SSSR count). The summed E-state index contributed by atoms with van der Waals surface area (Å²) >= 11 is 1.99. The Labute approximate surface area is 117 Å². The molecule has 0 heterocycles. The van der Waals surface area contributed by atoms with Crippen molar-refractivity contribution in [2.45, 2.75) is 48.5 Å². The Hall–Kier alpha value is 0.835. The minimum Gasteiger partial charge on any atom is -0.147 e. The number of hydrogen-bond donors (Lipinski definition) is 0. The summed E-state index contributed by atoms with van der Waals surface area (Å²) in [6.45, 7) is 9.50. The van der Waals surface area contributed by atoms with Crippen LogP contribution in [0.5, 0.6) is 0 Å². The molecule has 0 aromatic heterocycles. The van der Waals surface area contributed by atoms with Crippen molar-refractivity contribution in [1.82, 2.24) is 0 Å². The van der Waals surface area contributed by atoms with Gasteiger partial charge in [0.05, 0.1) is 0 Å². The first kappa shape index (κ1) is 21.2. The second-order valence-corrected chi connectivity index (χ2v) is 5.92. The van der Waals surface area contributed by atoms with E-state index in [1.165, 1.54) is 57.8 Å². The summed E-state index contributed by atoms with van der Waals surface area (Å²) in [4.78, 5) is 0. The summed E-state index contributed by atoms with van der Waals surface area (Å²) in [5, 5.41) is 3.90. The quantitative estimate of drug-likeness (QED) is 0.352. The van der Waals surface area contributed by atoms with E-state index in [2.05, 4.69) is 20.1 Å². The van der Waals surface area contributed by atoms with Gasteiger partial charge in [0, 0.05) is 0 Å². The Bertz CT molecular complexity index is 104. The molecule has 0 N–H and O–H groups in total. The molecule has 1 radical (unpaired) electrons. The van der Waals surface area contributed by atoms with Gasteiger partial charge in [-0.15, -0.1) is 43.0 Å². The van der Waals surface area contributed by atoms with Crippen LogP contribution in [0.15, 0.2) is 25.3 Å². The molecule has 0 spiro atoms. The molecule has 0 aliphatic rings. The molecule has 0 unspecified atom stereocenters. The maximum absolute atomic E-state index is 3.62. The summed E-state index contributed by atoms with van der Waals surface area (Å²) in [6, 6.07) is 0.